The number of hydrogen-bond acceptors (Lipinski definition) is 4. The van der Waals surface area contributed by atoms with Crippen LogP contribution in [0, 0.1) is 0 Å². The second-order valence-electron chi connectivity index (χ2n) is 7.49. The quantitative estimate of drug-likeness (QED) is 0.473. The number of hydrogen-bond donors (Lipinski definition) is 3. The van der Waals surface area contributed by atoms with Crippen LogP contribution in [-0.2, 0) is 16.9 Å². The van der Waals surface area contributed by atoms with E-state index in [1.54, 1.807) is 41.1 Å². The number of urea groups is 1. The smallest absolute Gasteiger partial charge is 0.322 e. The van der Waals surface area contributed by atoms with Crippen LogP contribution in [0.4, 0.5) is 4.79 Å². The zero-order valence-corrected chi connectivity index (χ0v) is 18.2. The Bertz CT molecular complexity index is 1130. The summed E-state index contributed by atoms with van der Waals surface area (Å²) in [4.78, 5) is 24.8. The lowest BCUT2D eigenvalue weighted by atomic mass is 9.90. The number of rotatable bonds is 6. The molecule has 4 rings (SSSR count). The highest BCUT2D eigenvalue weighted by atomic mass is 79.9. The van der Waals surface area contributed by atoms with Gasteiger partial charge in [-0.3, -0.25) is 10.1 Å². The van der Waals surface area contributed by atoms with Crippen molar-refractivity contribution in [1.82, 2.24) is 15.2 Å². The summed E-state index contributed by atoms with van der Waals surface area (Å²) < 4.78 is 8.30. The van der Waals surface area contributed by atoms with Crippen LogP contribution in [0.3, 0.4) is 0 Å². The second kappa shape index (κ2) is 7.68. The first-order valence-corrected chi connectivity index (χ1v) is 10.5. The maximum Gasteiger partial charge on any atom is 0.322 e. The normalized spacial score (nSPS) is 19.6. The van der Waals surface area contributed by atoms with E-state index >= 15 is 0 Å². The third-order valence-electron chi connectivity index (χ3n) is 5.43. The van der Waals surface area contributed by atoms with Crippen LogP contribution >= 0.6 is 15.9 Å². The minimum atomic E-state index is -1.33. The molecule has 3 amide bonds. The van der Waals surface area contributed by atoms with E-state index in [4.69, 9.17) is 4.74 Å². The van der Waals surface area contributed by atoms with Gasteiger partial charge >= 0.3 is 6.03 Å². The average Bonchev–Trinajstić information content (AvgIpc) is 3.18. The number of ether oxygens (including phenoxy) is 1. The SMILES string of the molecule is CCC(C)Oc1ccc2c(O)n(C[C@@]3(c4ccc(Br)cc4)NC(=O)NC3=O)cc2c1. The Hall–Kier alpha value is -3.00. The fourth-order valence-electron chi connectivity index (χ4n) is 3.63. The molecule has 30 heavy (non-hydrogen) atoms. The summed E-state index contributed by atoms with van der Waals surface area (Å²) in [5.74, 6) is 0.266. The van der Waals surface area contributed by atoms with Crippen LogP contribution in [0.15, 0.2) is 53.1 Å². The molecule has 3 aromatic rings. The van der Waals surface area contributed by atoms with Crippen LogP contribution in [0.1, 0.15) is 25.8 Å². The molecule has 1 aliphatic rings. The number of carbonyl (C=O) groups excluding carboxylic acids is 2. The molecule has 7 nitrogen and oxygen atoms in total. The molecule has 1 aliphatic heterocycles. The Balaban J connectivity index is 1.74. The van der Waals surface area contributed by atoms with E-state index in [0.717, 1.165) is 16.3 Å². The van der Waals surface area contributed by atoms with Crippen molar-refractivity contribution in [3.05, 3.63) is 58.7 Å². The molecule has 2 aromatic carbocycles. The van der Waals surface area contributed by atoms with Gasteiger partial charge in [-0.25, -0.2) is 4.79 Å². The second-order valence-corrected chi connectivity index (χ2v) is 8.40. The highest BCUT2D eigenvalue weighted by molar-refractivity contribution is 9.10. The molecular weight excluding hydrogens is 450 g/mol. The maximum absolute atomic E-state index is 12.8. The predicted molar refractivity (Wildman–Crippen MR) is 116 cm³/mol. The number of nitrogens with one attached hydrogen (secondary N) is 2. The largest absolute Gasteiger partial charge is 0.494 e. The van der Waals surface area contributed by atoms with Crippen LogP contribution in [0.2, 0.25) is 0 Å². The summed E-state index contributed by atoms with van der Waals surface area (Å²) in [6.45, 7) is 4.08. The fraction of sp³-hybridized carbons (Fsp3) is 0.273. The first-order chi connectivity index (χ1) is 14.3. The molecular formula is C22H22BrN3O4. The number of carbonyl (C=O) groups is 2. The van der Waals surface area contributed by atoms with Crippen LogP contribution in [0.25, 0.3) is 10.8 Å². The molecule has 8 heteroatoms. The van der Waals surface area contributed by atoms with Gasteiger partial charge in [-0.1, -0.05) is 35.0 Å². The van der Waals surface area contributed by atoms with Gasteiger partial charge in [-0.2, -0.15) is 0 Å². The van der Waals surface area contributed by atoms with Gasteiger partial charge in [-0.15, -0.1) is 0 Å². The number of amides is 3. The summed E-state index contributed by atoms with van der Waals surface area (Å²) in [7, 11) is 0. The Labute approximate surface area is 182 Å². The van der Waals surface area contributed by atoms with Crippen molar-refractivity contribution in [3.63, 3.8) is 0 Å². The first kappa shape index (κ1) is 20.3. The van der Waals surface area contributed by atoms with Gasteiger partial charge in [0.1, 0.15) is 5.75 Å². The molecule has 0 spiro atoms. The van der Waals surface area contributed by atoms with Crippen molar-refractivity contribution >= 4 is 38.6 Å². The Morgan fingerprint density at radius 3 is 2.57 bits per heavy atom. The molecule has 2 heterocycles. The Morgan fingerprint density at radius 2 is 1.93 bits per heavy atom. The van der Waals surface area contributed by atoms with Crippen LogP contribution in [-0.4, -0.2) is 27.7 Å². The van der Waals surface area contributed by atoms with Gasteiger partial charge < -0.3 is 19.7 Å². The number of nitrogens with zero attached hydrogens (tertiary/aromatic N) is 1. The van der Waals surface area contributed by atoms with Gasteiger partial charge in [-0.05, 0) is 49.2 Å². The average molecular weight is 472 g/mol. The van der Waals surface area contributed by atoms with Gasteiger partial charge in [0.25, 0.3) is 5.91 Å². The first-order valence-electron chi connectivity index (χ1n) is 9.70. The van der Waals surface area contributed by atoms with E-state index in [1.165, 1.54) is 0 Å². The molecule has 3 N–H and O–H groups in total. The number of halogens is 1. The molecule has 2 atom stereocenters. The number of fused-ring (bicyclic) bond motifs is 1. The Morgan fingerprint density at radius 1 is 1.20 bits per heavy atom. The van der Waals surface area contributed by atoms with E-state index < -0.39 is 17.5 Å². The highest BCUT2D eigenvalue weighted by Crippen LogP contribution is 2.35. The topological polar surface area (TPSA) is 92.6 Å². The lowest BCUT2D eigenvalue weighted by Crippen LogP contribution is -2.47. The van der Waals surface area contributed by atoms with Gasteiger partial charge in [0.2, 0.25) is 0 Å². The third-order valence-corrected chi connectivity index (χ3v) is 5.96. The monoisotopic (exact) mass is 471 g/mol. The van der Waals surface area contributed by atoms with Crippen molar-refractivity contribution in [2.75, 3.05) is 0 Å². The van der Waals surface area contributed by atoms with E-state index in [2.05, 4.69) is 26.6 Å². The van der Waals surface area contributed by atoms with E-state index in [0.29, 0.717) is 16.7 Å². The van der Waals surface area contributed by atoms with Crippen molar-refractivity contribution in [3.8, 4) is 11.6 Å². The zero-order valence-electron chi connectivity index (χ0n) is 16.6. The van der Waals surface area contributed by atoms with E-state index in [1.807, 2.05) is 26.0 Å². The molecule has 0 saturated carbocycles. The summed E-state index contributed by atoms with van der Waals surface area (Å²) in [5, 5.41) is 17.3. The lowest BCUT2D eigenvalue weighted by molar-refractivity contribution is -0.124. The maximum atomic E-state index is 12.8. The summed E-state index contributed by atoms with van der Waals surface area (Å²) in [5.41, 5.74) is -0.715. The summed E-state index contributed by atoms with van der Waals surface area (Å²) in [6.07, 6.45) is 2.72. The van der Waals surface area contributed by atoms with Crippen LogP contribution in [0.5, 0.6) is 11.6 Å². The van der Waals surface area contributed by atoms with Gasteiger partial charge in [0, 0.05) is 21.4 Å². The van der Waals surface area contributed by atoms with Crippen molar-refractivity contribution in [2.45, 2.75) is 38.5 Å². The molecule has 156 valence electrons. The summed E-state index contributed by atoms with van der Waals surface area (Å²) in [6, 6.07) is 12.0. The van der Waals surface area contributed by atoms with E-state index in [9.17, 15) is 14.7 Å². The third kappa shape index (κ3) is 3.52. The van der Waals surface area contributed by atoms with Crippen molar-refractivity contribution in [1.29, 1.82) is 0 Å². The molecule has 0 radical (unpaired) electrons. The lowest BCUT2D eigenvalue weighted by Gasteiger charge is -2.27. The fourth-order valence-corrected chi connectivity index (χ4v) is 3.90. The molecule has 1 unspecified atom stereocenters. The molecule has 1 fully saturated rings. The van der Waals surface area contributed by atoms with E-state index in [-0.39, 0.29) is 18.5 Å². The van der Waals surface area contributed by atoms with Crippen molar-refractivity contribution in [2.24, 2.45) is 0 Å². The summed E-state index contributed by atoms with van der Waals surface area (Å²) >= 11 is 3.38. The van der Waals surface area contributed by atoms with Crippen molar-refractivity contribution < 1.29 is 19.4 Å². The number of imide groups is 1. The Kier molecular flexibility index (Phi) is 5.19. The minimum absolute atomic E-state index is 0.0190. The number of aromatic nitrogens is 1. The standard InChI is InChI=1S/C22H22BrN3O4/c1-3-13(2)30-17-8-9-18-14(10-17)11-26(19(18)27)12-22(20(28)24-21(29)25-22)15-4-6-16(23)7-5-15/h4-11,13,27H,3,12H2,1-2H3,(H2,24,25,28,29)/t13?,22-/m0/s1. The minimum Gasteiger partial charge on any atom is -0.494 e. The zero-order chi connectivity index (χ0) is 21.5. The number of benzene rings is 2. The number of aromatic hydroxyl groups is 1. The molecule has 0 aliphatic carbocycles. The molecule has 0 bridgehead atoms. The predicted octanol–water partition coefficient (Wildman–Crippen LogP) is 4.02. The van der Waals surface area contributed by atoms with Crippen LogP contribution < -0.4 is 15.4 Å². The van der Waals surface area contributed by atoms with Gasteiger partial charge in [0.05, 0.1) is 12.6 Å². The highest BCUT2D eigenvalue weighted by Gasteiger charge is 2.48. The van der Waals surface area contributed by atoms with Gasteiger partial charge in [0.15, 0.2) is 11.4 Å². The molecule has 1 aromatic heterocycles. The molecule has 1 saturated heterocycles.